The number of hydrogen-bond acceptors (Lipinski definition) is 1. The number of benzene rings is 2. The Morgan fingerprint density at radius 1 is 0.957 bits per heavy atom. The van der Waals surface area contributed by atoms with Crippen LogP contribution >= 0.6 is 0 Å². The van der Waals surface area contributed by atoms with E-state index in [-0.39, 0.29) is 5.56 Å². The Kier molecular flexibility index (Phi) is 4.58. The lowest BCUT2D eigenvalue weighted by atomic mass is 10.1. The van der Waals surface area contributed by atoms with Crippen molar-refractivity contribution in [3.05, 3.63) is 81.1 Å². The van der Waals surface area contributed by atoms with E-state index in [0.29, 0.717) is 6.54 Å². The molecule has 0 fully saturated rings. The Morgan fingerprint density at radius 3 is 2.57 bits per heavy atom. The molecule has 3 rings (SSSR count). The number of aromatic nitrogens is 1. The van der Waals surface area contributed by atoms with Gasteiger partial charge in [0, 0.05) is 6.42 Å². The summed E-state index contributed by atoms with van der Waals surface area (Å²) < 4.78 is 0. The number of hydrogen-bond donors (Lipinski definition) is 2. The summed E-state index contributed by atoms with van der Waals surface area (Å²) in [4.78, 5) is 15.2. The lowest BCUT2D eigenvalue weighted by Crippen LogP contribution is -2.83. The third-order valence-corrected chi connectivity index (χ3v) is 4.41. The van der Waals surface area contributed by atoms with Crippen molar-refractivity contribution in [2.24, 2.45) is 0 Å². The highest BCUT2D eigenvalue weighted by Gasteiger charge is 2.06. The lowest BCUT2D eigenvalue weighted by Gasteiger charge is -2.06. The van der Waals surface area contributed by atoms with E-state index in [4.69, 9.17) is 0 Å². The van der Waals surface area contributed by atoms with Crippen LogP contribution in [0.1, 0.15) is 22.3 Å². The maximum atomic E-state index is 12.2. The van der Waals surface area contributed by atoms with Gasteiger partial charge in [0.05, 0.1) is 17.6 Å². The van der Waals surface area contributed by atoms with Gasteiger partial charge in [0.1, 0.15) is 6.54 Å². The zero-order chi connectivity index (χ0) is 16.2. The zero-order valence-electron chi connectivity index (χ0n) is 13.7. The molecule has 0 spiro atoms. The van der Waals surface area contributed by atoms with E-state index in [2.05, 4.69) is 47.6 Å². The SMILES string of the molecule is Cc1ccccc1CC[NH2+]Cc1cc2cccc(C)c2[nH]c1=O. The monoisotopic (exact) mass is 307 g/mol. The van der Waals surface area contributed by atoms with Crippen LogP contribution in [0.2, 0.25) is 0 Å². The van der Waals surface area contributed by atoms with Gasteiger partial charge in [0.2, 0.25) is 0 Å². The second kappa shape index (κ2) is 6.80. The first-order valence-electron chi connectivity index (χ1n) is 8.13. The van der Waals surface area contributed by atoms with Gasteiger partial charge in [-0.25, -0.2) is 0 Å². The van der Waals surface area contributed by atoms with Crippen LogP contribution in [0.15, 0.2) is 53.3 Å². The van der Waals surface area contributed by atoms with Crippen LogP contribution in [0.25, 0.3) is 10.9 Å². The molecule has 0 bridgehead atoms. The Labute approximate surface area is 136 Å². The smallest absolute Gasteiger partial charge is 0.257 e. The van der Waals surface area contributed by atoms with Gasteiger partial charge in [-0.1, -0.05) is 42.5 Å². The van der Waals surface area contributed by atoms with E-state index < -0.39 is 0 Å². The largest absolute Gasteiger partial charge is 0.342 e. The number of aromatic amines is 1. The van der Waals surface area contributed by atoms with Crippen LogP contribution in [0.3, 0.4) is 0 Å². The third kappa shape index (κ3) is 3.51. The fraction of sp³-hybridized carbons (Fsp3) is 0.250. The third-order valence-electron chi connectivity index (χ3n) is 4.41. The lowest BCUT2D eigenvalue weighted by molar-refractivity contribution is -0.670. The quantitative estimate of drug-likeness (QED) is 0.699. The van der Waals surface area contributed by atoms with E-state index in [1.807, 2.05) is 25.1 Å². The highest BCUT2D eigenvalue weighted by molar-refractivity contribution is 5.81. The molecule has 1 aromatic heterocycles. The molecule has 23 heavy (non-hydrogen) atoms. The van der Waals surface area contributed by atoms with Crippen LogP contribution in [0, 0.1) is 13.8 Å². The van der Waals surface area contributed by atoms with Crippen LogP contribution in [0.5, 0.6) is 0 Å². The van der Waals surface area contributed by atoms with Crippen molar-refractivity contribution in [2.45, 2.75) is 26.8 Å². The number of nitrogens with two attached hydrogens (primary N) is 1. The van der Waals surface area contributed by atoms with Gasteiger partial charge in [-0.2, -0.15) is 0 Å². The first kappa shape index (κ1) is 15.5. The summed E-state index contributed by atoms with van der Waals surface area (Å²) in [7, 11) is 0. The Bertz CT molecular complexity index is 880. The normalized spacial score (nSPS) is 11.0. The van der Waals surface area contributed by atoms with Crippen molar-refractivity contribution in [1.29, 1.82) is 0 Å². The number of rotatable bonds is 5. The first-order valence-corrected chi connectivity index (χ1v) is 8.13. The molecule has 1 heterocycles. The van der Waals surface area contributed by atoms with Gasteiger partial charge in [-0.05, 0) is 42.0 Å². The molecule has 0 aliphatic carbocycles. The second-order valence-corrected chi connectivity index (χ2v) is 6.12. The van der Waals surface area contributed by atoms with Crippen molar-refractivity contribution in [3.63, 3.8) is 0 Å². The van der Waals surface area contributed by atoms with E-state index in [1.165, 1.54) is 11.1 Å². The summed E-state index contributed by atoms with van der Waals surface area (Å²) in [6, 6.07) is 16.6. The molecule has 3 N–H and O–H groups in total. The average Bonchev–Trinajstić information content (AvgIpc) is 2.54. The molecule has 0 saturated heterocycles. The number of H-pyrrole nitrogens is 1. The summed E-state index contributed by atoms with van der Waals surface area (Å²) in [5.74, 6) is 0. The standard InChI is InChI=1S/C20H22N2O/c1-14-6-3-4-8-16(14)10-11-21-13-18-12-17-9-5-7-15(2)19(17)22-20(18)23/h3-9,12,21H,10-11,13H2,1-2H3,(H,22,23)/p+1. The topological polar surface area (TPSA) is 49.5 Å². The molecule has 0 aliphatic heterocycles. The van der Waals surface area contributed by atoms with Gasteiger partial charge in [0.15, 0.2) is 0 Å². The van der Waals surface area contributed by atoms with E-state index in [0.717, 1.165) is 35.0 Å². The summed E-state index contributed by atoms with van der Waals surface area (Å²) in [6.07, 6.45) is 1.03. The minimum absolute atomic E-state index is 0.0268. The van der Waals surface area contributed by atoms with Crippen LogP contribution in [0.4, 0.5) is 0 Å². The minimum atomic E-state index is 0.0268. The Hall–Kier alpha value is -2.39. The fourth-order valence-electron chi connectivity index (χ4n) is 2.99. The molecular weight excluding hydrogens is 284 g/mol. The molecule has 3 heteroatoms. The Balaban J connectivity index is 1.67. The number of pyridine rings is 1. The van der Waals surface area contributed by atoms with Crippen molar-refractivity contribution >= 4 is 10.9 Å². The number of nitrogens with one attached hydrogen (secondary N) is 1. The minimum Gasteiger partial charge on any atom is -0.342 e. The molecule has 0 unspecified atom stereocenters. The maximum Gasteiger partial charge on any atom is 0.257 e. The molecule has 0 radical (unpaired) electrons. The van der Waals surface area contributed by atoms with Crippen LogP contribution in [-0.2, 0) is 13.0 Å². The first-order chi connectivity index (χ1) is 11.1. The van der Waals surface area contributed by atoms with Crippen LogP contribution < -0.4 is 10.9 Å². The molecule has 0 atom stereocenters. The molecule has 3 nitrogen and oxygen atoms in total. The molecule has 2 aromatic carbocycles. The molecule has 3 aromatic rings. The van der Waals surface area contributed by atoms with E-state index in [9.17, 15) is 4.79 Å². The predicted molar refractivity (Wildman–Crippen MR) is 94.7 cm³/mol. The van der Waals surface area contributed by atoms with Gasteiger partial charge in [-0.3, -0.25) is 4.79 Å². The summed E-state index contributed by atoms with van der Waals surface area (Å²) in [5, 5.41) is 3.31. The van der Waals surface area contributed by atoms with Gasteiger partial charge in [-0.15, -0.1) is 0 Å². The molecule has 118 valence electrons. The number of quaternary nitrogens is 1. The summed E-state index contributed by atoms with van der Waals surface area (Å²) in [6.45, 7) is 5.86. The summed E-state index contributed by atoms with van der Waals surface area (Å²) in [5.41, 5.74) is 5.63. The maximum absolute atomic E-state index is 12.2. The van der Waals surface area contributed by atoms with Crippen molar-refractivity contribution in [3.8, 4) is 0 Å². The molecule has 0 saturated carbocycles. The predicted octanol–water partition coefficient (Wildman–Crippen LogP) is 2.45. The van der Waals surface area contributed by atoms with Gasteiger partial charge in [0.25, 0.3) is 5.56 Å². The van der Waals surface area contributed by atoms with Gasteiger partial charge < -0.3 is 10.3 Å². The number of fused-ring (bicyclic) bond motifs is 1. The number of para-hydroxylation sites is 1. The van der Waals surface area contributed by atoms with Gasteiger partial charge >= 0.3 is 0 Å². The number of aryl methyl sites for hydroxylation is 2. The highest BCUT2D eigenvalue weighted by atomic mass is 16.1. The van der Waals surface area contributed by atoms with Crippen molar-refractivity contribution < 1.29 is 5.32 Å². The molecule has 0 aliphatic rings. The molecule has 0 amide bonds. The average molecular weight is 307 g/mol. The Morgan fingerprint density at radius 2 is 1.74 bits per heavy atom. The molecular formula is C20H23N2O+. The van der Waals surface area contributed by atoms with Crippen molar-refractivity contribution in [1.82, 2.24) is 4.98 Å². The van der Waals surface area contributed by atoms with Crippen molar-refractivity contribution in [2.75, 3.05) is 6.54 Å². The zero-order valence-corrected chi connectivity index (χ0v) is 13.7. The van der Waals surface area contributed by atoms with E-state index in [1.54, 1.807) is 0 Å². The second-order valence-electron chi connectivity index (χ2n) is 6.12. The fourth-order valence-corrected chi connectivity index (χ4v) is 2.99. The van der Waals surface area contributed by atoms with E-state index >= 15 is 0 Å². The highest BCUT2D eigenvalue weighted by Crippen LogP contribution is 2.14. The summed E-state index contributed by atoms with van der Waals surface area (Å²) >= 11 is 0. The van der Waals surface area contributed by atoms with Crippen LogP contribution in [-0.4, -0.2) is 11.5 Å².